The average Bonchev–Trinajstić information content (AvgIpc) is 2.85. The summed E-state index contributed by atoms with van der Waals surface area (Å²) in [7, 11) is 0. The lowest BCUT2D eigenvalue weighted by Gasteiger charge is -2.09. The molecule has 2 aromatic heterocycles. The van der Waals surface area contributed by atoms with Crippen molar-refractivity contribution in [3.8, 4) is 45.4 Å². The highest BCUT2D eigenvalue weighted by molar-refractivity contribution is 5.71. The summed E-state index contributed by atoms with van der Waals surface area (Å²) < 4.78 is 0. The first-order chi connectivity index (χ1) is 15.3. The van der Waals surface area contributed by atoms with Gasteiger partial charge in [-0.25, -0.2) is 15.0 Å². The lowest BCUT2D eigenvalue weighted by atomic mass is 10.1. The summed E-state index contributed by atoms with van der Waals surface area (Å²) in [4.78, 5) is 19.0. The van der Waals surface area contributed by atoms with Crippen molar-refractivity contribution in [1.29, 1.82) is 0 Å². The molecule has 0 atom stereocenters. The molecule has 0 saturated carbocycles. The van der Waals surface area contributed by atoms with E-state index in [1.807, 2.05) is 97.9 Å². The summed E-state index contributed by atoms with van der Waals surface area (Å²) in [5, 5.41) is 0. The van der Waals surface area contributed by atoms with Crippen LogP contribution in [0.1, 0.15) is 5.69 Å². The van der Waals surface area contributed by atoms with Gasteiger partial charge < -0.3 is 0 Å². The van der Waals surface area contributed by atoms with E-state index in [0.29, 0.717) is 17.5 Å². The van der Waals surface area contributed by atoms with Crippen molar-refractivity contribution >= 4 is 0 Å². The molecule has 0 aliphatic carbocycles. The zero-order chi connectivity index (χ0) is 21.0. The third-order valence-electron chi connectivity index (χ3n) is 5.00. The molecule has 4 heteroatoms. The summed E-state index contributed by atoms with van der Waals surface area (Å²) >= 11 is 0. The number of nitrogens with zero attached hydrogens (tertiary/aromatic N) is 4. The number of pyridine rings is 1. The lowest BCUT2D eigenvalue weighted by Crippen LogP contribution is -2.00. The zero-order valence-corrected chi connectivity index (χ0v) is 17.1. The van der Waals surface area contributed by atoms with Gasteiger partial charge in [0, 0.05) is 27.9 Å². The fourth-order valence-corrected chi connectivity index (χ4v) is 3.46. The number of aryl methyl sites for hydroxylation is 1. The number of hydrogen-bond acceptors (Lipinski definition) is 4. The molecule has 31 heavy (non-hydrogen) atoms. The molecule has 148 valence electrons. The Balaban J connectivity index is 1.66. The minimum Gasteiger partial charge on any atom is -0.253 e. The monoisotopic (exact) mass is 400 g/mol. The normalized spacial score (nSPS) is 10.7. The van der Waals surface area contributed by atoms with E-state index in [9.17, 15) is 0 Å². The first-order valence-electron chi connectivity index (χ1n) is 10.2. The maximum Gasteiger partial charge on any atom is 0.164 e. The molecular formula is C27H20N4. The minimum atomic E-state index is 0.641. The molecule has 5 rings (SSSR count). The number of hydrogen-bond donors (Lipinski definition) is 0. The van der Waals surface area contributed by atoms with Gasteiger partial charge in [-0.15, -0.1) is 0 Å². The van der Waals surface area contributed by atoms with Crippen LogP contribution in [0.3, 0.4) is 0 Å². The van der Waals surface area contributed by atoms with E-state index in [4.69, 9.17) is 15.0 Å². The first-order valence-corrected chi connectivity index (χ1v) is 10.2. The van der Waals surface area contributed by atoms with Crippen LogP contribution in [0.4, 0.5) is 0 Å². The van der Waals surface area contributed by atoms with Crippen LogP contribution in [-0.4, -0.2) is 19.9 Å². The highest BCUT2D eigenvalue weighted by Crippen LogP contribution is 2.27. The van der Waals surface area contributed by atoms with Gasteiger partial charge in [0.2, 0.25) is 0 Å². The van der Waals surface area contributed by atoms with Crippen molar-refractivity contribution in [2.24, 2.45) is 0 Å². The minimum absolute atomic E-state index is 0.641. The second kappa shape index (κ2) is 8.28. The predicted molar refractivity (Wildman–Crippen MR) is 124 cm³/mol. The van der Waals surface area contributed by atoms with E-state index >= 15 is 0 Å². The largest absolute Gasteiger partial charge is 0.253 e. The van der Waals surface area contributed by atoms with Crippen LogP contribution < -0.4 is 0 Å². The van der Waals surface area contributed by atoms with E-state index in [1.165, 1.54) is 0 Å². The summed E-state index contributed by atoms with van der Waals surface area (Å²) in [5.74, 6) is 1.95. The molecule has 2 heterocycles. The molecule has 0 saturated heterocycles. The Morgan fingerprint density at radius 2 is 0.903 bits per heavy atom. The number of aromatic nitrogens is 4. The summed E-state index contributed by atoms with van der Waals surface area (Å²) in [5.41, 5.74) is 5.80. The fourth-order valence-electron chi connectivity index (χ4n) is 3.46. The molecule has 0 aliphatic heterocycles. The van der Waals surface area contributed by atoms with E-state index < -0.39 is 0 Å². The van der Waals surface area contributed by atoms with Gasteiger partial charge in [0.1, 0.15) is 0 Å². The Kier molecular flexibility index (Phi) is 5.03. The van der Waals surface area contributed by atoms with Crippen LogP contribution >= 0.6 is 0 Å². The summed E-state index contributed by atoms with van der Waals surface area (Å²) in [6.45, 7) is 2.00. The highest BCUT2D eigenvalue weighted by Gasteiger charge is 2.12. The molecule has 0 spiro atoms. The molecule has 0 bridgehead atoms. The van der Waals surface area contributed by atoms with Gasteiger partial charge in [0.25, 0.3) is 0 Å². The van der Waals surface area contributed by atoms with Crippen LogP contribution in [-0.2, 0) is 0 Å². The van der Waals surface area contributed by atoms with Gasteiger partial charge in [0.05, 0.1) is 5.69 Å². The molecule has 0 N–H and O–H groups in total. The Morgan fingerprint density at radius 3 is 1.48 bits per heavy atom. The summed E-state index contributed by atoms with van der Waals surface area (Å²) in [6.07, 6.45) is 0. The molecule has 0 fully saturated rings. The van der Waals surface area contributed by atoms with Gasteiger partial charge in [-0.3, -0.25) is 4.98 Å². The Bertz CT molecular complexity index is 1270. The summed E-state index contributed by atoms with van der Waals surface area (Å²) in [6, 6.07) is 34.2. The van der Waals surface area contributed by atoms with Gasteiger partial charge in [-0.1, -0.05) is 84.9 Å². The zero-order valence-electron chi connectivity index (χ0n) is 17.1. The highest BCUT2D eigenvalue weighted by atomic mass is 15.0. The van der Waals surface area contributed by atoms with E-state index in [0.717, 1.165) is 33.6 Å². The van der Waals surface area contributed by atoms with Crippen molar-refractivity contribution in [2.75, 3.05) is 0 Å². The van der Waals surface area contributed by atoms with Crippen LogP contribution in [0, 0.1) is 6.92 Å². The molecule has 3 aromatic carbocycles. The Hall–Kier alpha value is -4.18. The van der Waals surface area contributed by atoms with E-state index in [1.54, 1.807) is 0 Å². The van der Waals surface area contributed by atoms with Crippen molar-refractivity contribution in [1.82, 2.24) is 19.9 Å². The third kappa shape index (κ3) is 4.09. The Morgan fingerprint density at radius 1 is 0.419 bits per heavy atom. The van der Waals surface area contributed by atoms with Crippen LogP contribution in [0.5, 0.6) is 0 Å². The topological polar surface area (TPSA) is 51.6 Å². The van der Waals surface area contributed by atoms with Crippen LogP contribution in [0.2, 0.25) is 0 Å². The van der Waals surface area contributed by atoms with Gasteiger partial charge in [-0.05, 0) is 25.1 Å². The Labute approximate surface area is 181 Å². The fraction of sp³-hybridized carbons (Fsp3) is 0.0370. The predicted octanol–water partition coefficient (Wildman–Crippen LogP) is 6.24. The van der Waals surface area contributed by atoms with Crippen molar-refractivity contribution in [3.05, 3.63) is 109 Å². The van der Waals surface area contributed by atoms with Crippen molar-refractivity contribution < 1.29 is 0 Å². The number of rotatable bonds is 4. The van der Waals surface area contributed by atoms with E-state index in [-0.39, 0.29) is 0 Å². The molecule has 0 unspecified atom stereocenters. The first kappa shape index (κ1) is 18.8. The third-order valence-corrected chi connectivity index (χ3v) is 5.00. The molecule has 5 aromatic rings. The lowest BCUT2D eigenvalue weighted by molar-refractivity contribution is 1.07. The van der Waals surface area contributed by atoms with Gasteiger partial charge >= 0.3 is 0 Å². The number of benzene rings is 3. The van der Waals surface area contributed by atoms with Gasteiger partial charge in [0.15, 0.2) is 17.5 Å². The molecule has 0 amide bonds. The molecule has 4 nitrogen and oxygen atoms in total. The van der Waals surface area contributed by atoms with Crippen LogP contribution in [0.25, 0.3) is 45.4 Å². The standard InChI is InChI=1S/C27H20N4/c1-19-10-8-17-24(28-19)22-15-9-16-23(18-22)27-30-25(20-11-4-2-5-12-20)29-26(31-27)21-13-6-3-7-14-21/h2-18H,1H3. The van der Waals surface area contributed by atoms with Gasteiger partial charge in [-0.2, -0.15) is 0 Å². The average molecular weight is 400 g/mol. The smallest absolute Gasteiger partial charge is 0.164 e. The van der Waals surface area contributed by atoms with Crippen LogP contribution in [0.15, 0.2) is 103 Å². The second-order valence-corrected chi connectivity index (χ2v) is 7.28. The maximum absolute atomic E-state index is 4.81. The van der Waals surface area contributed by atoms with Crippen molar-refractivity contribution in [3.63, 3.8) is 0 Å². The molecular weight excluding hydrogens is 380 g/mol. The maximum atomic E-state index is 4.81. The van der Waals surface area contributed by atoms with Crippen molar-refractivity contribution in [2.45, 2.75) is 6.92 Å². The SMILES string of the molecule is Cc1cccc(-c2cccc(-c3nc(-c4ccccc4)nc(-c4ccccc4)n3)c2)n1. The quantitative estimate of drug-likeness (QED) is 0.358. The molecule has 0 radical (unpaired) electrons. The second-order valence-electron chi connectivity index (χ2n) is 7.28. The van der Waals surface area contributed by atoms with E-state index in [2.05, 4.69) is 17.1 Å². The molecule has 0 aliphatic rings.